The number of rotatable bonds is 7. The summed E-state index contributed by atoms with van der Waals surface area (Å²) in [4.78, 5) is 0. The molecule has 0 aliphatic carbocycles. The summed E-state index contributed by atoms with van der Waals surface area (Å²) in [7, 11) is 0. The molecule has 2 unspecified atom stereocenters. The zero-order chi connectivity index (χ0) is 20.5. The van der Waals surface area contributed by atoms with E-state index in [0.29, 0.717) is 22.9 Å². The molecule has 3 rings (SSSR count). The van der Waals surface area contributed by atoms with Crippen LogP contribution in [0, 0.1) is 5.92 Å². The van der Waals surface area contributed by atoms with Gasteiger partial charge in [0, 0.05) is 6.54 Å². The average molecular weight is 403 g/mol. The maximum Gasteiger partial charge on any atom is 0.387 e. The number of hydrazine groups is 2. The zero-order valence-corrected chi connectivity index (χ0v) is 15.2. The van der Waals surface area contributed by atoms with E-state index in [1.54, 1.807) is 18.2 Å². The van der Waals surface area contributed by atoms with Crippen molar-refractivity contribution >= 4 is 10.8 Å². The Bertz CT molecular complexity index is 831. The summed E-state index contributed by atoms with van der Waals surface area (Å²) in [5, 5.41) is 12.3. The fourth-order valence-electron chi connectivity index (χ4n) is 3.43. The highest BCUT2D eigenvalue weighted by molar-refractivity contribution is 5.87. The fourth-order valence-corrected chi connectivity index (χ4v) is 3.43. The van der Waals surface area contributed by atoms with Crippen molar-refractivity contribution in [1.29, 1.82) is 0 Å². The third-order valence-corrected chi connectivity index (χ3v) is 4.85. The summed E-state index contributed by atoms with van der Waals surface area (Å²) >= 11 is 0. The number of nitrogens with one attached hydrogen (secondary N) is 3. The first-order valence-corrected chi connectivity index (χ1v) is 8.65. The number of halogens is 4. The first kappa shape index (κ1) is 20.6. The van der Waals surface area contributed by atoms with Gasteiger partial charge >= 0.3 is 13.2 Å². The van der Waals surface area contributed by atoms with Gasteiger partial charge in [0.25, 0.3) is 0 Å². The Kier molecular flexibility index (Phi) is 5.94. The van der Waals surface area contributed by atoms with Crippen LogP contribution in [-0.2, 0) is 5.60 Å². The van der Waals surface area contributed by atoms with E-state index in [1.807, 2.05) is 13.8 Å². The van der Waals surface area contributed by atoms with E-state index in [4.69, 9.17) is 0 Å². The van der Waals surface area contributed by atoms with Gasteiger partial charge in [-0.2, -0.15) is 23.1 Å². The standard InChI is InChI=1S/C18H21F4N3O3/c1-9(2)18(26,15-8-23-25-24-15)12-4-3-10-6-13(27-16(19)20)14(28-17(21)22)7-11(10)5-12/h3-7,9,15-17,23-26H,8H2,1-2H3. The Morgan fingerprint density at radius 1 is 1.00 bits per heavy atom. The average Bonchev–Trinajstić information content (AvgIpc) is 3.15. The molecule has 1 aliphatic rings. The summed E-state index contributed by atoms with van der Waals surface area (Å²) in [5.74, 6) is -1.18. The van der Waals surface area contributed by atoms with Crippen LogP contribution in [0.1, 0.15) is 19.4 Å². The third-order valence-electron chi connectivity index (χ3n) is 4.85. The topological polar surface area (TPSA) is 74.8 Å². The van der Waals surface area contributed by atoms with Crippen LogP contribution in [0.4, 0.5) is 17.6 Å². The molecule has 1 aliphatic heterocycles. The molecule has 10 heteroatoms. The monoisotopic (exact) mass is 403 g/mol. The van der Waals surface area contributed by atoms with E-state index < -0.39 is 30.3 Å². The Hall–Kier alpha value is -2.14. The lowest BCUT2D eigenvalue weighted by Gasteiger charge is -2.37. The minimum atomic E-state index is -3.20. The highest BCUT2D eigenvalue weighted by Crippen LogP contribution is 2.39. The minimum Gasteiger partial charge on any atom is -0.431 e. The van der Waals surface area contributed by atoms with E-state index in [1.165, 1.54) is 12.1 Å². The molecule has 1 saturated heterocycles. The van der Waals surface area contributed by atoms with Crippen LogP contribution in [0.15, 0.2) is 30.3 Å². The number of alkyl halides is 4. The molecule has 0 amide bonds. The number of benzene rings is 2. The predicted molar refractivity (Wildman–Crippen MR) is 94.0 cm³/mol. The molecular formula is C18H21F4N3O3. The van der Waals surface area contributed by atoms with E-state index in [-0.39, 0.29) is 12.0 Å². The van der Waals surface area contributed by atoms with Gasteiger partial charge in [-0.1, -0.05) is 26.0 Å². The summed E-state index contributed by atoms with van der Waals surface area (Å²) in [6.45, 7) is -2.22. The van der Waals surface area contributed by atoms with Crippen molar-refractivity contribution in [3.63, 3.8) is 0 Å². The lowest BCUT2D eigenvalue weighted by atomic mass is 9.77. The molecule has 0 saturated carbocycles. The van der Waals surface area contributed by atoms with E-state index in [2.05, 4.69) is 25.9 Å². The minimum absolute atomic E-state index is 0.192. The molecular weight excluding hydrogens is 382 g/mol. The third kappa shape index (κ3) is 4.00. The molecule has 0 spiro atoms. The summed E-state index contributed by atoms with van der Waals surface area (Å²) in [6.07, 6.45) is 0. The van der Waals surface area contributed by atoms with Crippen LogP contribution in [0.25, 0.3) is 10.8 Å². The number of aliphatic hydroxyl groups is 1. The van der Waals surface area contributed by atoms with Gasteiger partial charge in [-0.3, -0.25) is 0 Å². The molecule has 1 heterocycles. The zero-order valence-electron chi connectivity index (χ0n) is 15.2. The van der Waals surface area contributed by atoms with Crippen molar-refractivity contribution in [2.75, 3.05) is 6.54 Å². The number of ether oxygens (including phenoxy) is 2. The molecule has 4 N–H and O–H groups in total. The van der Waals surface area contributed by atoms with Crippen LogP contribution in [0.3, 0.4) is 0 Å². The fraction of sp³-hybridized carbons (Fsp3) is 0.444. The number of hydrogen-bond acceptors (Lipinski definition) is 6. The molecule has 0 aromatic heterocycles. The Morgan fingerprint density at radius 2 is 1.61 bits per heavy atom. The van der Waals surface area contributed by atoms with Crippen molar-refractivity contribution in [2.45, 2.75) is 38.7 Å². The van der Waals surface area contributed by atoms with Crippen LogP contribution in [0.2, 0.25) is 0 Å². The van der Waals surface area contributed by atoms with Gasteiger partial charge in [-0.05, 0) is 40.5 Å². The van der Waals surface area contributed by atoms with Crippen molar-refractivity contribution < 1.29 is 32.1 Å². The first-order valence-electron chi connectivity index (χ1n) is 8.65. The van der Waals surface area contributed by atoms with Crippen molar-refractivity contribution in [3.05, 3.63) is 35.9 Å². The van der Waals surface area contributed by atoms with Gasteiger partial charge in [-0.15, -0.1) is 0 Å². The summed E-state index contributed by atoms with van der Waals surface area (Å²) < 4.78 is 59.2. The van der Waals surface area contributed by atoms with Crippen molar-refractivity contribution in [1.82, 2.24) is 16.4 Å². The molecule has 1 fully saturated rings. The van der Waals surface area contributed by atoms with Gasteiger partial charge in [0.1, 0.15) is 5.60 Å². The Morgan fingerprint density at radius 3 is 2.11 bits per heavy atom. The molecule has 2 aromatic carbocycles. The largest absolute Gasteiger partial charge is 0.431 e. The van der Waals surface area contributed by atoms with E-state index >= 15 is 0 Å². The van der Waals surface area contributed by atoms with Crippen LogP contribution < -0.4 is 25.9 Å². The second-order valence-electron chi connectivity index (χ2n) is 6.80. The number of fused-ring (bicyclic) bond motifs is 1. The van der Waals surface area contributed by atoms with Crippen LogP contribution in [0.5, 0.6) is 11.5 Å². The van der Waals surface area contributed by atoms with Crippen LogP contribution >= 0.6 is 0 Å². The highest BCUT2D eigenvalue weighted by atomic mass is 19.3. The van der Waals surface area contributed by atoms with Gasteiger partial charge in [0.15, 0.2) is 11.5 Å². The lowest BCUT2D eigenvalue weighted by Crippen LogP contribution is -2.52. The SMILES string of the molecule is CC(C)C(O)(c1ccc2cc(OC(F)F)c(OC(F)F)cc2c1)C1CNNN1. The number of hydrogen-bond donors (Lipinski definition) is 4. The van der Waals surface area contributed by atoms with Crippen LogP contribution in [-0.4, -0.2) is 30.9 Å². The lowest BCUT2D eigenvalue weighted by molar-refractivity contribution is -0.0690. The smallest absolute Gasteiger partial charge is 0.387 e. The van der Waals surface area contributed by atoms with Gasteiger partial charge in [-0.25, -0.2) is 10.9 Å². The normalized spacial score (nSPS) is 19.6. The van der Waals surface area contributed by atoms with Crippen molar-refractivity contribution in [2.24, 2.45) is 5.92 Å². The molecule has 0 bridgehead atoms. The van der Waals surface area contributed by atoms with Gasteiger partial charge in [0.2, 0.25) is 0 Å². The maximum absolute atomic E-state index is 12.7. The molecule has 0 radical (unpaired) electrons. The molecule has 2 aromatic rings. The quantitative estimate of drug-likeness (QED) is 0.533. The Labute approximate surface area is 158 Å². The highest BCUT2D eigenvalue weighted by Gasteiger charge is 2.43. The second-order valence-corrected chi connectivity index (χ2v) is 6.80. The van der Waals surface area contributed by atoms with Crippen molar-refractivity contribution in [3.8, 4) is 11.5 Å². The van der Waals surface area contributed by atoms with E-state index in [0.717, 1.165) is 0 Å². The first-order chi connectivity index (χ1) is 13.2. The molecule has 6 nitrogen and oxygen atoms in total. The molecule has 28 heavy (non-hydrogen) atoms. The molecule has 154 valence electrons. The van der Waals surface area contributed by atoms with Gasteiger partial charge in [0.05, 0.1) is 6.04 Å². The van der Waals surface area contributed by atoms with Gasteiger partial charge < -0.3 is 14.6 Å². The molecule has 2 atom stereocenters. The maximum atomic E-state index is 12.7. The second kappa shape index (κ2) is 8.08. The van der Waals surface area contributed by atoms with E-state index in [9.17, 15) is 22.7 Å². The summed E-state index contributed by atoms with van der Waals surface area (Å²) in [5.41, 5.74) is 7.84. The summed E-state index contributed by atoms with van der Waals surface area (Å²) in [6, 6.07) is 6.94. The Balaban J connectivity index is 2.08. The predicted octanol–water partition coefficient (Wildman–Crippen LogP) is 2.87.